The third-order valence-electron chi connectivity index (χ3n) is 3.42. The number of fused-ring (bicyclic) bond motifs is 3. The van der Waals surface area contributed by atoms with E-state index in [9.17, 15) is 0 Å². The molecule has 2 heteroatoms. The molecule has 0 saturated heterocycles. The van der Waals surface area contributed by atoms with E-state index in [-0.39, 0.29) is 0 Å². The molecule has 1 aromatic carbocycles. The maximum absolute atomic E-state index is 6.04. The summed E-state index contributed by atoms with van der Waals surface area (Å²) in [6, 6.07) is 6.14. The molecule has 0 amide bonds. The van der Waals surface area contributed by atoms with Crippen molar-refractivity contribution in [2.45, 2.75) is 25.7 Å². The Hall–Kier alpha value is -0.950. The highest BCUT2D eigenvalue weighted by atomic mass is 35.5. The maximum Gasteiger partial charge on any atom is 0.0422 e. The molecule has 2 aliphatic rings. The molecule has 15 heavy (non-hydrogen) atoms. The van der Waals surface area contributed by atoms with Crippen LogP contribution >= 0.6 is 11.6 Å². The fraction of sp³-hybridized carbons (Fsp3) is 0.385. The maximum atomic E-state index is 6.04. The molecule has 0 fully saturated rings. The second kappa shape index (κ2) is 3.28. The number of allylic oxidation sites excluding steroid dienone is 2. The summed E-state index contributed by atoms with van der Waals surface area (Å²) in [6.07, 6.45) is 4.89. The summed E-state index contributed by atoms with van der Waals surface area (Å²) in [5, 5.41) is 4.34. The molecule has 0 spiro atoms. The molecular formula is C13H14ClN. The molecule has 0 radical (unpaired) electrons. The molecule has 1 aromatic rings. The lowest BCUT2D eigenvalue weighted by Gasteiger charge is -2.21. The largest absolute Gasteiger partial charge is 0.358 e. The minimum absolute atomic E-state index is 0.565. The van der Waals surface area contributed by atoms with E-state index in [0.29, 0.717) is 11.8 Å². The Morgan fingerprint density at radius 3 is 3.07 bits per heavy atom. The van der Waals surface area contributed by atoms with E-state index < -0.39 is 0 Å². The smallest absolute Gasteiger partial charge is 0.0422 e. The molecule has 1 aliphatic heterocycles. The van der Waals surface area contributed by atoms with Gasteiger partial charge in [-0.15, -0.1) is 0 Å². The highest BCUT2D eigenvalue weighted by molar-refractivity contribution is 6.30. The Labute approximate surface area is 95.1 Å². The summed E-state index contributed by atoms with van der Waals surface area (Å²) in [7, 11) is 0. The van der Waals surface area contributed by atoms with Crippen molar-refractivity contribution < 1.29 is 0 Å². The molecule has 1 N–H and O–H groups in total. The van der Waals surface area contributed by atoms with Crippen LogP contribution in [-0.4, -0.2) is 0 Å². The van der Waals surface area contributed by atoms with E-state index in [4.69, 9.17) is 11.6 Å². The van der Waals surface area contributed by atoms with Crippen LogP contribution < -0.4 is 5.32 Å². The fourth-order valence-electron chi connectivity index (χ4n) is 2.63. The zero-order chi connectivity index (χ0) is 10.4. The molecule has 3 rings (SSSR count). The van der Waals surface area contributed by atoms with Gasteiger partial charge in [0.25, 0.3) is 0 Å². The van der Waals surface area contributed by atoms with Crippen LogP contribution in [0.3, 0.4) is 0 Å². The third-order valence-corrected chi connectivity index (χ3v) is 3.65. The first kappa shape index (κ1) is 9.29. The molecule has 0 bridgehead atoms. The van der Waals surface area contributed by atoms with E-state index >= 15 is 0 Å². The average molecular weight is 220 g/mol. The Morgan fingerprint density at radius 1 is 1.33 bits per heavy atom. The van der Waals surface area contributed by atoms with Crippen LogP contribution in [0.15, 0.2) is 30.0 Å². The third kappa shape index (κ3) is 1.46. The van der Waals surface area contributed by atoms with E-state index in [2.05, 4.69) is 30.4 Å². The van der Waals surface area contributed by atoms with E-state index in [1.165, 1.54) is 29.8 Å². The van der Waals surface area contributed by atoms with E-state index in [1.54, 1.807) is 0 Å². The van der Waals surface area contributed by atoms with Gasteiger partial charge in [-0.3, -0.25) is 0 Å². The van der Waals surface area contributed by atoms with Gasteiger partial charge < -0.3 is 5.32 Å². The van der Waals surface area contributed by atoms with Crippen molar-refractivity contribution in [3.63, 3.8) is 0 Å². The van der Waals surface area contributed by atoms with Crippen molar-refractivity contribution in [3.05, 3.63) is 40.6 Å². The van der Waals surface area contributed by atoms with Gasteiger partial charge in [0.1, 0.15) is 0 Å². The molecule has 1 heterocycles. The molecule has 2 unspecified atom stereocenters. The number of hydrogen-bond acceptors (Lipinski definition) is 1. The van der Waals surface area contributed by atoms with Crippen molar-refractivity contribution in [3.8, 4) is 0 Å². The number of rotatable bonds is 0. The molecule has 1 nitrogen and oxygen atoms in total. The molecule has 1 aliphatic carbocycles. The number of anilines is 1. The summed E-state index contributed by atoms with van der Waals surface area (Å²) in [4.78, 5) is 0. The summed E-state index contributed by atoms with van der Waals surface area (Å²) < 4.78 is 0. The van der Waals surface area contributed by atoms with Gasteiger partial charge in [-0.05, 0) is 42.5 Å². The average Bonchev–Trinajstić information content (AvgIpc) is 2.54. The zero-order valence-corrected chi connectivity index (χ0v) is 9.51. The highest BCUT2D eigenvalue weighted by Crippen LogP contribution is 2.45. The van der Waals surface area contributed by atoms with Crippen LogP contribution in [0, 0.1) is 5.92 Å². The zero-order valence-electron chi connectivity index (χ0n) is 8.76. The summed E-state index contributed by atoms with van der Waals surface area (Å²) in [6.45, 7) is 2.28. The minimum atomic E-state index is 0.565. The molecule has 78 valence electrons. The molecule has 0 saturated carbocycles. The van der Waals surface area contributed by atoms with Crippen molar-refractivity contribution in [2.24, 2.45) is 5.92 Å². The number of benzene rings is 1. The summed E-state index contributed by atoms with van der Waals surface area (Å²) in [5.74, 6) is 1.27. The predicted octanol–water partition coefficient (Wildman–Crippen LogP) is 4.16. The van der Waals surface area contributed by atoms with Gasteiger partial charge in [-0.1, -0.05) is 24.6 Å². The highest BCUT2D eigenvalue weighted by Gasteiger charge is 2.30. The summed E-state index contributed by atoms with van der Waals surface area (Å²) in [5.41, 5.74) is 4.00. The normalized spacial score (nSPS) is 27.7. The lowest BCUT2D eigenvalue weighted by atomic mass is 9.84. The van der Waals surface area contributed by atoms with Crippen molar-refractivity contribution in [2.75, 3.05) is 5.32 Å². The van der Waals surface area contributed by atoms with Gasteiger partial charge in [0.15, 0.2) is 0 Å². The first-order chi connectivity index (χ1) is 7.24. The van der Waals surface area contributed by atoms with Crippen LogP contribution in [-0.2, 0) is 0 Å². The van der Waals surface area contributed by atoms with Gasteiger partial charge in [0.2, 0.25) is 0 Å². The quantitative estimate of drug-likeness (QED) is 0.691. The van der Waals surface area contributed by atoms with Gasteiger partial charge in [-0.2, -0.15) is 0 Å². The number of hydrogen-bond donors (Lipinski definition) is 1. The number of halogens is 1. The fourth-order valence-corrected chi connectivity index (χ4v) is 2.81. The Kier molecular flexibility index (Phi) is 2.03. The van der Waals surface area contributed by atoms with Gasteiger partial charge in [-0.25, -0.2) is 0 Å². The van der Waals surface area contributed by atoms with E-state index in [0.717, 1.165) is 5.02 Å². The van der Waals surface area contributed by atoms with Crippen LogP contribution in [0.1, 0.15) is 31.2 Å². The topological polar surface area (TPSA) is 12.0 Å². The minimum Gasteiger partial charge on any atom is -0.358 e. The van der Waals surface area contributed by atoms with Crippen molar-refractivity contribution in [1.29, 1.82) is 0 Å². The van der Waals surface area contributed by atoms with Crippen molar-refractivity contribution >= 4 is 17.3 Å². The summed E-state index contributed by atoms with van der Waals surface area (Å²) >= 11 is 6.04. The molecule has 0 aromatic heterocycles. The Bertz CT molecular complexity index is 436. The first-order valence-corrected chi connectivity index (χ1v) is 5.90. The lowest BCUT2D eigenvalue weighted by Crippen LogP contribution is -2.09. The van der Waals surface area contributed by atoms with Crippen LogP contribution in [0.4, 0.5) is 5.69 Å². The lowest BCUT2D eigenvalue weighted by molar-refractivity contribution is 0.536. The number of nitrogens with one attached hydrogen (secondary N) is 1. The molecular weight excluding hydrogens is 206 g/mol. The van der Waals surface area contributed by atoms with Gasteiger partial charge in [0.05, 0.1) is 0 Å². The monoisotopic (exact) mass is 219 g/mol. The second-order valence-corrected chi connectivity index (χ2v) is 5.02. The van der Waals surface area contributed by atoms with Gasteiger partial charge >= 0.3 is 0 Å². The Balaban J connectivity index is 2.07. The first-order valence-electron chi connectivity index (χ1n) is 5.52. The second-order valence-electron chi connectivity index (χ2n) is 4.59. The van der Waals surface area contributed by atoms with Crippen LogP contribution in [0.5, 0.6) is 0 Å². The van der Waals surface area contributed by atoms with Crippen LogP contribution in [0.2, 0.25) is 5.02 Å². The predicted molar refractivity (Wildman–Crippen MR) is 64.3 cm³/mol. The van der Waals surface area contributed by atoms with Crippen LogP contribution in [0.25, 0.3) is 0 Å². The SMILES string of the molecule is CC1C=C2Nc3ccc(Cl)cc3C2CC1. The Morgan fingerprint density at radius 2 is 2.20 bits per heavy atom. The standard InChI is InChI=1S/C13H14ClN/c1-8-2-4-10-11-7-9(14)3-5-12(11)15-13(10)6-8/h3,5-8,10,15H,2,4H2,1H3. The molecule has 2 atom stereocenters. The van der Waals surface area contributed by atoms with Gasteiger partial charge in [0, 0.05) is 22.3 Å². The van der Waals surface area contributed by atoms with Crippen molar-refractivity contribution in [1.82, 2.24) is 0 Å². The van der Waals surface area contributed by atoms with E-state index in [1.807, 2.05) is 6.07 Å².